The van der Waals surface area contributed by atoms with Gasteiger partial charge in [-0.2, -0.15) is 0 Å². The predicted octanol–water partition coefficient (Wildman–Crippen LogP) is 5.22. The fraction of sp³-hybridized carbons (Fsp3) is 0.240. The molecule has 7 heteroatoms. The van der Waals surface area contributed by atoms with Crippen molar-refractivity contribution >= 4 is 39.1 Å². The summed E-state index contributed by atoms with van der Waals surface area (Å²) in [6, 6.07) is 21.7. The molecule has 0 saturated heterocycles. The van der Waals surface area contributed by atoms with Crippen molar-refractivity contribution in [1.82, 2.24) is 0 Å². The largest absolute Gasteiger partial charge is 0.305 e. The second kappa shape index (κ2) is 9.00. The summed E-state index contributed by atoms with van der Waals surface area (Å²) in [7, 11) is -3.70. The van der Waals surface area contributed by atoms with E-state index in [-0.39, 0.29) is 23.4 Å². The van der Waals surface area contributed by atoms with Gasteiger partial charge in [0.05, 0.1) is 10.6 Å². The maximum atomic E-state index is 13.2. The van der Waals surface area contributed by atoms with Crippen LogP contribution in [0.2, 0.25) is 0 Å². The van der Waals surface area contributed by atoms with Crippen molar-refractivity contribution in [3.63, 3.8) is 0 Å². The lowest BCUT2D eigenvalue weighted by Crippen LogP contribution is -2.35. The van der Waals surface area contributed by atoms with Crippen LogP contribution in [0.5, 0.6) is 0 Å². The van der Waals surface area contributed by atoms with E-state index in [4.69, 9.17) is 0 Å². The molecule has 0 saturated carbocycles. The number of benzene rings is 3. The summed E-state index contributed by atoms with van der Waals surface area (Å²) in [5, 5.41) is 0. The van der Waals surface area contributed by atoms with Gasteiger partial charge in [-0.05, 0) is 86.7 Å². The molecule has 3 aromatic carbocycles. The number of para-hydroxylation sites is 1. The molecule has 4 rings (SSSR count). The van der Waals surface area contributed by atoms with Crippen molar-refractivity contribution < 1.29 is 13.2 Å². The molecule has 0 N–H and O–H groups in total. The van der Waals surface area contributed by atoms with Crippen molar-refractivity contribution in [1.29, 1.82) is 0 Å². The molecular formula is C25H26N2O3S2. The van der Waals surface area contributed by atoms with Crippen LogP contribution in [-0.4, -0.2) is 33.2 Å². The molecule has 0 spiro atoms. The molecular weight excluding hydrogens is 440 g/mol. The lowest BCUT2D eigenvalue weighted by Gasteiger charge is -2.25. The lowest BCUT2D eigenvalue weighted by molar-refractivity contribution is 0.0981. The van der Waals surface area contributed by atoms with Gasteiger partial charge in [0.25, 0.3) is 15.9 Å². The average Bonchev–Trinajstić information content (AvgIpc) is 3.15. The lowest BCUT2D eigenvalue weighted by atomic mass is 10.1. The number of hydrogen-bond donors (Lipinski definition) is 0. The Balaban J connectivity index is 1.60. The average molecular weight is 467 g/mol. The van der Waals surface area contributed by atoms with E-state index in [9.17, 15) is 13.2 Å². The number of carbonyl (C=O) groups is 1. The zero-order valence-electron chi connectivity index (χ0n) is 18.4. The molecule has 5 nitrogen and oxygen atoms in total. The summed E-state index contributed by atoms with van der Waals surface area (Å²) in [5.41, 5.74) is 3.18. The molecule has 3 aromatic rings. The van der Waals surface area contributed by atoms with Crippen molar-refractivity contribution in [2.24, 2.45) is 0 Å². The number of thioether (sulfide) groups is 1. The number of fused-ring (bicyclic) bond motifs is 1. The highest BCUT2D eigenvalue weighted by Gasteiger charge is 2.31. The standard InChI is InChI=1S/C25H26N2O3S2/c1-4-26(32(29,30)23-15-13-22(31-3)14-16-23)21-11-9-19(10-12-21)25(28)27-18(2)17-20-7-5-6-8-24(20)27/h5-16,18H,4,17H2,1-3H3/t18-/m0/s1. The molecule has 0 fully saturated rings. The van der Waals surface area contributed by atoms with Crippen molar-refractivity contribution in [2.75, 3.05) is 22.0 Å². The van der Waals surface area contributed by atoms with E-state index in [0.717, 1.165) is 17.0 Å². The number of anilines is 2. The monoisotopic (exact) mass is 466 g/mol. The third kappa shape index (κ3) is 4.02. The van der Waals surface area contributed by atoms with Gasteiger partial charge in [0.15, 0.2) is 0 Å². The van der Waals surface area contributed by atoms with Gasteiger partial charge in [0.1, 0.15) is 0 Å². The van der Waals surface area contributed by atoms with Gasteiger partial charge in [-0.1, -0.05) is 18.2 Å². The molecule has 1 heterocycles. The summed E-state index contributed by atoms with van der Waals surface area (Å²) in [6.45, 7) is 4.13. The smallest absolute Gasteiger partial charge is 0.264 e. The molecule has 1 aliphatic rings. The first kappa shape index (κ1) is 22.4. The predicted molar refractivity (Wildman–Crippen MR) is 131 cm³/mol. The zero-order chi connectivity index (χ0) is 22.9. The molecule has 0 aliphatic carbocycles. The Morgan fingerprint density at radius 3 is 2.31 bits per heavy atom. The van der Waals surface area contributed by atoms with Crippen LogP contribution < -0.4 is 9.21 Å². The van der Waals surface area contributed by atoms with Gasteiger partial charge < -0.3 is 4.90 Å². The Labute approximate surface area is 194 Å². The topological polar surface area (TPSA) is 57.7 Å². The second-order valence-corrected chi connectivity index (χ2v) is 10.5. The Bertz CT molecular complexity index is 1220. The number of sulfonamides is 1. The minimum atomic E-state index is -3.70. The Kier molecular flexibility index (Phi) is 6.31. The highest BCUT2D eigenvalue weighted by Crippen LogP contribution is 2.33. The minimum absolute atomic E-state index is 0.0763. The molecule has 1 atom stereocenters. The Morgan fingerprint density at radius 2 is 1.69 bits per heavy atom. The Hall–Kier alpha value is -2.77. The summed E-state index contributed by atoms with van der Waals surface area (Å²) < 4.78 is 27.8. The maximum absolute atomic E-state index is 13.2. The maximum Gasteiger partial charge on any atom is 0.264 e. The van der Waals surface area contributed by atoms with E-state index in [1.807, 2.05) is 48.4 Å². The number of carbonyl (C=O) groups excluding carboxylic acids is 1. The van der Waals surface area contributed by atoms with Crippen molar-refractivity contribution in [2.45, 2.75) is 36.1 Å². The first-order valence-electron chi connectivity index (χ1n) is 10.5. The molecule has 166 valence electrons. The zero-order valence-corrected chi connectivity index (χ0v) is 20.0. The van der Waals surface area contributed by atoms with Crippen LogP contribution >= 0.6 is 11.8 Å². The van der Waals surface area contributed by atoms with Gasteiger partial charge in [-0.25, -0.2) is 8.42 Å². The molecule has 0 radical (unpaired) electrons. The number of hydrogen-bond acceptors (Lipinski definition) is 4. The Morgan fingerprint density at radius 1 is 1.03 bits per heavy atom. The first-order chi connectivity index (χ1) is 15.4. The fourth-order valence-electron chi connectivity index (χ4n) is 4.15. The molecule has 1 aliphatic heterocycles. The van der Waals surface area contributed by atoms with Crippen LogP contribution in [-0.2, 0) is 16.4 Å². The third-order valence-corrected chi connectivity index (χ3v) is 8.42. The van der Waals surface area contributed by atoms with Gasteiger partial charge in [0, 0.05) is 28.7 Å². The van der Waals surface area contributed by atoms with Gasteiger partial charge in [0.2, 0.25) is 0 Å². The highest BCUT2D eigenvalue weighted by molar-refractivity contribution is 7.98. The van der Waals surface area contributed by atoms with Crippen molar-refractivity contribution in [3.05, 3.63) is 83.9 Å². The van der Waals surface area contributed by atoms with E-state index < -0.39 is 10.0 Å². The van der Waals surface area contributed by atoms with Crippen LogP contribution in [0.25, 0.3) is 0 Å². The van der Waals surface area contributed by atoms with Gasteiger partial charge in [-0.3, -0.25) is 9.10 Å². The molecule has 32 heavy (non-hydrogen) atoms. The fourth-order valence-corrected chi connectivity index (χ4v) is 6.03. The summed E-state index contributed by atoms with van der Waals surface area (Å²) in [5.74, 6) is -0.0763. The second-order valence-electron chi connectivity index (χ2n) is 7.75. The normalized spacial score (nSPS) is 15.5. The van der Waals surface area contributed by atoms with Crippen LogP contribution in [0.1, 0.15) is 29.8 Å². The van der Waals surface area contributed by atoms with Crippen LogP contribution in [0.4, 0.5) is 11.4 Å². The summed E-state index contributed by atoms with van der Waals surface area (Å²) >= 11 is 1.56. The minimum Gasteiger partial charge on any atom is -0.305 e. The van der Waals surface area contributed by atoms with Crippen LogP contribution in [0.15, 0.2) is 82.6 Å². The number of rotatable bonds is 6. The first-order valence-corrected chi connectivity index (χ1v) is 13.2. The summed E-state index contributed by atoms with van der Waals surface area (Å²) in [6.07, 6.45) is 2.78. The van der Waals surface area contributed by atoms with Crippen LogP contribution in [0.3, 0.4) is 0 Å². The third-order valence-electron chi connectivity index (χ3n) is 5.76. The summed E-state index contributed by atoms with van der Waals surface area (Å²) in [4.78, 5) is 16.3. The van der Waals surface area contributed by atoms with E-state index in [1.165, 1.54) is 9.87 Å². The van der Waals surface area contributed by atoms with E-state index >= 15 is 0 Å². The van der Waals surface area contributed by atoms with E-state index in [2.05, 4.69) is 6.07 Å². The van der Waals surface area contributed by atoms with Crippen LogP contribution in [0, 0.1) is 0 Å². The van der Waals surface area contributed by atoms with E-state index in [0.29, 0.717) is 11.3 Å². The molecule has 1 amide bonds. The van der Waals surface area contributed by atoms with Crippen molar-refractivity contribution in [3.8, 4) is 0 Å². The van der Waals surface area contributed by atoms with Gasteiger partial charge in [-0.15, -0.1) is 11.8 Å². The molecule has 0 unspecified atom stereocenters. The highest BCUT2D eigenvalue weighted by atomic mass is 32.2. The SMILES string of the molecule is CCN(c1ccc(C(=O)N2c3ccccc3C[C@@H]2C)cc1)S(=O)(=O)c1ccc(SC)cc1. The number of amides is 1. The quantitative estimate of drug-likeness (QED) is 0.468. The number of nitrogens with zero attached hydrogens (tertiary/aromatic N) is 2. The van der Waals surface area contributed by atoms with Gasteiger partial charge >= 0.3 is 0 Å². The van der Waals surface area contributed by atoms with E-state index in [1.54, 1.807) is 55.1 Å². The molecule has 0 bridgehead atoms. The molecule has 0 aromatic heterocycles.